The Morgan fingerprint density at radius 3 is 2.24 bits per heavy atom. The van der Waals surface area contributed by atoms with E-state index in [4.69, 9.17) is 0 Å². The van der Waals surface area contributed by atoms with Crippen LogP contribution in [0.25, 0.3) is 0 Å². The van der Waals surface area contributed by atoms with E-state index >= 15 is 0 Å². The number of benzene rings is 1. The number of hydrogen-bond donors (Lipinski definition) is 0. The maximum atomic E-state index is 2.71. The van der Waals surface area contributed by atoms with Crippen molar-refractivity contribution in [3.63, 3.8) is 0 Å². The van der Waals surface area contributed by atoms with Crippen LogP contribution < -0.4 is 0 Å². The minimum atomic E-state index is 0.720. The number of rotatable bonds is 4. The topological polar surface area (TPSA) is 3.24 Å². The molecule has 1 heterocycles. The van der Waals surface area contributed by atoms with Crippen LogP contribution in [0.3, 0.4) is 0 Å². The molecule has 0 amide bonds. The monoisotopic (exact) mass is 231 g/mol. The third-order valence-corrected chi connectivity index (χ3v) is 3.92. The van der Waals surface area contributed by atoms with E-state index in [1.165, 1.54) is 44.3 Å². The fraction of sp³-hybridized carbons (Fsp3) is 0.625. The van der Waals surface area contributed by atoms with Gasteiger partial charge in [0, 0.05) is 6.04 Å². The van der Waals surface area contributed by atoms with Gasteiger partial charge in [0.25, 0.3) is 0 Å². The van der Waals surface area contributed by atoms with Crippen LogP contribution in [0.5, 0.6) is 0 Å². The Bertz CT molecular complexity index is 312. The van der Waals surface area contributed by atoms with Crippen molar-refractivity contribution in [3.8, 4) is 0 Å². The van der Waals surface area contributed by atoms with E-state index in [0.717, 1.165) is 12.0 Å². The number of likely N-dealkylation sites (tertiary alicyclic amines) is 1. The first-order valence-corrected chi connectivity index (χ1v) is 7.05. The first kappa shape index (κ1) is 12.6. The van der Waals surface area contributed by atoms with Crippen molar-refractivity contribution < 1.29 is 0 Å². The molecule has 0 bridgehead atoms. The van der Waals surface area contributed by atoms with Gasteiger partial charge in [-0.15, -0.1) is 0 Å². The molecule has 94 valence electrons. The summed E-state index contributed by atoms with van der Waals surface area (Å²) in [5.41, 5.74) is 1.48. The zero-order valence-corrected chi connectivity index (χ0v) is 11.2. The summed E-state index contributed by atoms with van der Waals surface area (Å²) >= 11 is 0. The van der Waals surface area contributed by atoms with Crippen LogP contribution in [0.4, 0.5) is 0 Å². The Morgan fingerprint density at radius 1 is 1.00 bits per heavy atom. The highest BCUT2D eigenvalue weighted by Crippen LogP contribution is 2.20. The lowest BCUT2D eigenvalue weighted by Gasteiger charge is -2.37. The van der Waals surface area contributed by atoms with Crippen molar-refractivity contribution in [2.75, 3.05) is 13.1 Å². The minimum absolute atomic E-state index is 0.720. The van der Waals surface area contributed by atoms with Crippen LogP contribution in [0.15, 0.2) is 30.3 Å². The highest BCUT2D eigenvalue weighted by Gasteiger charge is 2.23. The summed E-state index contributed by atoms with van der Waals surface area (Å²) in [5, 5.41) is 0. The Balaban J connectivity index is 2.01. The smallest absolute Gasteiger partial charge is 0.0159 e. The molecule has 1 aliphatic rings. The molecule has 0 radical (unpaired) electrons. The lowest BCUT2D eigenvalue weighted by atomic mass is 9.93. The molecule has 1 atom stereocenters. The van der Waals surface area contributed by atoms with Gasteiger partial charge in [0.1, 0.15) is 0 Å². The van der Waals surface area contributed by atoms with Crippen molar-refractivity contribution >= 4 is 0 Å². The van der Waals surface area contributed by atoms with Gasteiger partial charge in [-0.05, 0) is 43.8 Å². The summed E-state index contributed by atoms with van der Waals surface area (Å²) in [4.78, 5) is 2.71. The zero-order chi connectivity index (χ0) is 12.1. The Labute approximate surface area is 106 Å². The fourth-order valence-corrected chi connectivity index (χ4v) is 2.89. The maximum absolute atomic E-state index is 2.71. The molecule has 1 unspecified atom stereocenters. The molecule has 1 nitrogen and oxygen atoms in total. The minimum Gasteiger partial charge on any atom is -0.300 e. The summed E-state index contributed by atoms with van der Waals surface area (Å²) < 4.78 is 0. The van der Waals surface area contributed by atoms with Crippen molar-refractivity contribution in [2.24, 2.45) is 5.92 Å². The van der Waals surface area contributed by atoms with Crippen LogP contribution in [0, 0.1) is 5.92 Å². The highest BCUT2D eigenvalue weighted by molar-refractivity contribution is 5.16. The Hall–Kier alpha value is -0.820. The summed E-state index contributed by atoms with van der Waals surface area (Å²) in [6, 6.07) is 11.7. The SMILES string of the molecule is CC(C)C(Cc1ccccc1)N1CCCCC1. The fourth-order valence-electron chi connectivity index (χ4n) is 2.89. The summed E-state index contributed by atoms with van der Waals surface area (Å²) in [7, 11) is 0. The van der Waals surface area contributed by atoms with Crippen LogP contribution in [0.2, 0.25) is 0 Å². The molecule has 1 fully saturated rings. The molecule has 1 heteroatoms. The number of piperidine rings is 1. The van der Waals surface area contributed by atoms with Crippen molar-refractivity contribution in [2.45, 2.75) is 45.6 Å². The second kappa shape index (κ2) is 6.20. The lowest BCUT2D eigenvalue weighted by molar-refractivity contribution is 0.127. The summed E-state index contributed by atoms with van der Waals surface area (Å²) in [6.45, 7) is 7.33. The average Bonchev–Trinajstić information content (AvgIpc) is 2.38. The first-order valence-electron chi connectivity index (χ1n) is 7.05. The van der Waals surface area contributed by atoms with Gasteiger partial charge in [0.2, 0.25) is 0 Å². The largest absolute Gasteiger partial charge is 0.300 e. The molecular formula is C16H25N. The van der Waals surface area contributed by atoms with E-state index in [9.17, 15) is 0 Å². The van der Waals surface area contributed by atoms with E-state index < -0.39 is 0 Å². The van der Waals surface area contributed by atoms with Gasteiger partial charge >= 0.3 is 0 Å². The van der Waals surface area contributed by atoms with Gasteiger partial charge < -0.3 is 0 Å². The van der Waals surface area contributed by atoms with Crippen LogP contribution in [-0.4, -0.2) is 24.0 Å². The third-order valence-electron chi connectivity index (χ3n) is 3.92. The number of hydrogen-bond acceptors (Lipinski definition) is 1. The van der Waals surface area contributed by atoms with E-state index in [1.54, 1.807) is 0 Å². The van der Waals surface area contributed by atoms with Crippen LogP contribution in [0.1, 0.15) is 38.7 Å². The normalized spacial score (nSPS) is 19.5. The van der Waals surface area contributed by atoms with E-state index in [-0.39, 0.29) is 0 Å². The van der Waals surface area contributed by atoms with Gasteiger partial charge in [-0.25, -0.2) is 0 Å². The van der Waals surface area contributed by atoms with Crippen LogP contribution in [-0.2, 0) is 6.42 Å². The van der Waals surface area contributed by atoms with E-state index in [2.05, 4.69) is 49.1 Å². The summed E-state index contributed by atoms with van der Waals surface area (Å²) in [5.74, 6) is 0.744. The van der Waals surface area contributed by atoms with E-state index in [1.807, 2.05) is 0 Å². The molecule has 1 aliphatic heterocycles. The highest BCUT2D eigenvalue weighted by atomic mass is 15.2. The quantitative estimate of drug-likeness (QED) is 0.763. The Kier molecular flexibility index (Phi) is 4.61. The van der Waals surface area contributed by atoms with Crippen molar-refractivity contribution in [1.29, 1.82) is 0 Å². The maximum Gasteiger partial charge on any atom is 0.0159 e. The zero-order valence-electron chi connectivity index (χ0n) is 11.2. The predicted molar refractivity (Wildman–Crippen MR) is 74.2 cm³/mol. The van der Waals surface area contributed by atoms with E-state index in [0.29, 0.717) is 0 Å². The van der Waals surface area contributed by atoms with Crippen molar-refractivity contribution in [3.05, 3.63) is 35.9 Å². The molecule has 0 aromatic heterocycles. The average molecular weight is 231 g/mol. The molecule has 0 spiro atoms. The van der Waals surface area contributed by atoms with Gasteiger partial charge in [-0.3, -0.25) is 4.90 Å². The second-order valence-electron chi connectivity index (χ2n) is 5.60. The molecule has 1 saturated heterocycles. The molecule has 2 rings (SSSR count). The van der Waals surface area contributed by atoms with Gasteiger partial charge in [-0.2, -0.15) is 0 Å². The Morgan fingerprint density at radius 2 is 1.65 bits per heavy atom. The standard InChI is InChI=1S/C16H25N/c1-14(2)16(17-11-7-4-8-12-17)13-15-9-5-3-6-10-15/h3,5-6,9-10,14,16H,4,7-8,11-13H2,1-2H3. The first-order chi connectivity index (χ1) is 8.27. The van der Waals surface area contributed by atoms with Gasteiger partial charge in [0.15, 0.2) is 0 Å². The molecular weight excluding hydrogens is 206 g/mol. The lowest BCUT2D eigenvalue weighted by Crippen LogP contribution is -2.43. The molecule has 17 heavy (non-hydrogen) atoms. The molecule has 0 saturated carbocycles. The molecule has 0 N–H and O–H groups in total. The van der Waals surface area contributed by atoms with Crippen molar-refractivity contribution in [1.82, 2.24) is 4.90 Å². The summed E-state index contributed by atoms with van der Waals surface area (Å²) in [6.07, 6.45) is 5.40. The molecule has 1 aromatic rings. The molecule has 1 aromatic carbocycles. The number of nitrogens with zero attached hydrogens (tertiary/aromatic N) is 1. The second-order valence-corrected chi connectivity index (χ2v) is 5.60. The predicted octanol–water partition coefficient (Wildman–Crippen LogP) is 3.74. The van der Waals surface area contributed by atoms with Gasteiger partial charge in [-0.1, -0.05) is 50.6 Å². The third kappa shape index (κ3) is 3.57. The molecule has 0 aliphatic carbocycles. The van der Waals surface area contributed by atoms with Gasteiger partial charge in [0.05, 0.1) is 0 Å². The van der Waals surface area contributed by atoms with Crippen LogP contribution >= 0.6 is 0 Å².